The molecule has 4 nitrogen and oxygen atoms in total. The molecule has 0 saturated heterocycles. The van der Waals surface area contributed by atoms with Crippen molar-refractivity contribution in [3.63, 3.8) is 0 Å². The van der Waals surface area contributed by atoms with Crippen LogP contribution in [0.25, 0.3) is 0 Å². The molecule has 0 radical (unpaired) electrons. The fourth-order valence-corrected chi connectivity index (χ4v) is 2.40. The highest BCUT2D eigenvalue weighted by atomic mass is 35.5. The van der Waals surface area contributed by atoms with E-state index in [0.29, 0.717) is 0 Å². The normalized spacial score (nSPS) is 10.3. The highest BCUT2D eigenvalue weighted by Crippen LogP contribution is 2.30. The summed E-state index contributed by atoms with van der Waals surface area (Å²) in [7, 11) is 1.21. The number of halogens is 3. The molecule has 0 spiro atoms. The summed E-state index contributed by atoms with van der Waals surface area (Å²) in [6, 6.07) is 2.95. The lowest BCUT2D eigenvalue weighted by molar-refractivity contribution is 0.0606. The van der Waals surface area contributed by atoms with Crippen LogP contribution < -0.4 is 5.32 Å². The highest BCUT2D eigenvalue weighted by molar-refractivity contribution is 7.18. The standard InChI is InChI=1S/C11H7ClF2N2O2S/c1-18-10(17)8-9(12)16-11(19-8)15-7-4-5(13)2-3-6(7)14/h2-4H,1H3,(H,15,16). The summed E-state index contributed by atoms with van der Waals surface area (Å²) in [4.78, 5) is 15.2. The molecule has 0 unspecified atom stereocenters. The number of nitrogens with zero attached hydrogens (tertiary/aromatic N) is 1. The zero-order valence-electron chi connectivity index (χ0n) is 9.54. The molecule has 0 atom stereocenters. The van der Waals surface area contributed by atoms with E-state index in [9.17, 15) is 13.6 Å². The number of rotatable bonds is 3. The average molecular weight is 305 g/mol. The molecule has 2 aromatic rings. The second-order valence-electron chi connectivity index (χ2n) is 3.38. The van der Waals surface area contributed by atoms with Gasteiger partial charge in [-0.25, -0.2) is 18.6 Å². The minimum absolute atomic E-state index is 0.0591. The van der Waals surface area contributed by atoms with E-state index in [1.165, 1.54) is 7.11 Å². The van der Waals surface area contributed by atoms with Crippen molar-refractivity contribution in [2.24, 2.45) is 0 Å². The lowest BCUT2D eigenvalue weighted by Crippen LogP contribution is -1.98. The molecule has 1 aromatic carbocycles. The van der Waals surface area contributed by atoms with Crippen LogP contribution in [0.4, 0.5) is 19.6 Å². The first kappa shape index (κ1) is 13.7. The highest BCUT2D eigenvalue weighted by Gasteiger charge is 2.18. The number of methoxy groups -OCH3 is 1. The minimum atomic E-state index is -0.646. The van der Waals surface area contributed by atoms with Crippen LogP contribution in [0.3, 0.4) is 0 Å². The third-order valence-corrected chi connectivity index (χ3v) is 3.46. The van der Waals surface area contributed by atoms with Crippen LogP contribution in [-0.2, 0) is 4.74 Å². The van der Waals surface area contributed by atoms with Crippen LogP contribution in [0.1, 0.15) is 9.67 Å². The van der Waals surface area contributed by atoms with Gasteiger partial charge in [-0.05, 0) is 12.1 Å². The molecular weight excluding hydrogens is 298 g/mol. The number of nitrogens with one attached hydrogen (secondary N) is 1. The number of anilines is 2. The number of benzene rings is 1. The summed E-state index contributed by atoms with van der Waals surface area (Å²) in [5.41, 5.74) is -0.0955. The van der Waals surface area contributed by atoms with Crippen LogP contribution in [0.2, 0.25) is 5.15 Å². The molecule has 8 heteroatoms. The molecule has 1 aromatic heterocycles. The van der Waals surface area contributed by atoms with Crippen LogP contribution >= 0.6 is 22.9 Å². The van der Waals surface area contributed by atoms with Crippen LogP contribution in [0.5, 0.6) is 0 Å². The number of hydrogen-bond donors (Lipinski definition) is 1. The topological polar surface area (TPSA) is 51.2 Å². The van der Waals surface area contributed by atoms with Gasteiger partial charge in [0.1, 0.15) is 11.6 Å². The van der Waals surface area contributed by atoms with Gasteiger partial charge in [0.25, 0.3) is 0 Å². The third kappa shape index (κ3) is 2.99. The Labute approximate surface area is 116 Å². The summed E-state index contributed by atoms with van der Waals surface area (Å²) < 4.78 is 30.9. The number of thiazole rings is 1. The third-order valence-electron chi connectivity index (χ3n) is 2.13. The van der Waals surface area contributed by atoms with Gasteiger partial charge in [-0.1, -0.05) is 22.9 Å². The van der Waals surface area contributed by atoms with E-state index >= 15 is 0 Å². The lowest BCUT2D eigenvalue weighted by Gasteiger charge is -2.03. The van der Waals surface area contributed by atoms with E-state index in [1.54, 1.807) is 0 Å². The first-order valence-corrected chi connectivity index (χ1v) is 6.17. The predicted molar refractivity (Wildman–Crippen MR) is 68.1 cm³/mol. The maximum absolute atomic E-state index is 13.4. The Morgan fingerprint density at radius 1 is 1.47 bits per heavy atom. The van der Waals surface area contributed by atoms with Gasteiger partial charge in [0.2, 0.25) is 0 Å². The van der Waals surface area contributed by atoms with Crippen molar-refractivity contribution >= 4 is 39.7 Å². The molecule has 0 saturated carbocycles. The van der Waals surface area contributed by atoms with Gasteiger partial charge in [0, 0.05) is 6.07 Å². The van der Waals surface area contributed by atoms with E-state index in [4.69, 9.17) is 11.6 Å². The number of carbonyl (C=O) groups is 1. The molecule has 0 aliphatic carbocycles. The second-order valence-corrected chi connectivity index (χ2v) is 4.74. The minimum Gasteiger partial charge on any atom is -0.465 e. The van der Waals surface area contributed by atoms with Crippen LogP contribution in [0, 0.1) is 11.6 Å². The van der Waals surface area contributed by atoms with E-state index in [1.807, 2.05) is 0 Å². The Kier molecular flexibility index (Phi) is 3.96. The molecule has 100 valence electrons. The summed E-state index contributed by atoms with van der Waals surface area (Å²) in [5.74, 6) is -1.89. The Morgan fingerprint density at radius 3 is 2.89 bits per heavy atom. The molecule has 0 bridgehead atoms. The smallest absolute Gasteiger partial charge is 0.351 e. The molecule has 1 N–H and O–H groups in total. The second kappa shape index (κ2) is 5.50. The van der Waals surface area contributed by atoms with Crippen molar-refractivity contribution in [2.45, 2.75) is 0 Å². The van der Waals surface area contributed by atoms with Gasteiger partial charge >= 0.3 is 5.97 Å². The molecule has 0 fully saturated rings. The van der Waals surface area contributed by atoms with Crippen molar-refractivity contribution in [2.75, 3.05) is 12.4 Å². The molecule has 0 aliphatic rings. The van der Waals surface area contributed by atoms with E-state index < -0.39 is 17.6 Å². The molecule has 1 heterocycles. The maximum Gasteiger partial charge on any atom is 0.351 e. The number of carbonyl (C=O) groups excluding carboxylic acids is 1. The van der Waals surface area contributed by atoms with Crippen molar-refractivity contribution < 1.29 is 18.3 Å². The van der Waals surface area contributed by atoms with E-state index in [2.05, 4.69) is 15.0 Å². The zero-order valence-corrected chi connectivity index (χ0v) is 11.1. The Morgan fingerprint density at radius 2 is 2.21 bits per heavy atom. The fraction of sp³-hybridized carbons (Fsp3) is 0.0909. The first-order chi connectivity index (χ1) is 9.01. The summed E-state index contributed by atoms with van der Waals surface area (Å²) in [5, 5.41) is 2.66. The molecule has 19 heavy (non-hydrogen) atoms. The predicted octanol–water partition coefficient (Wildman–Crippen LogP) is 3.60. The quantitative estimate of drug-likeness (QED) is 0.880. The Bertz CT molecular complexity index is 633. The molecule has 2 rings (SSSR count). The maximum atomic E-state index is 13.4. The number of aromatic nitrogens is 1. The van der Waals surface area contributed by atoms with Crippen molar-refractivity contribution in [3.05, 3.63) is 39.9 Å². The largest absolute Gasteiger partial charge is 0.465 e. The Balaban J connectivity index is 2.29. The van der Waals surface area contributed by atoms with Crippen molar-refractivity contribution in [1.82, 2.24) is 4.98 Å². The van der Waals surface area contributed by atoms with E-state index in [0.717, 1.165) is 29.5 Å². The van der Waals surface area contributed by atoms with Gasteiger partial charge in [0.15, 0.2) is 15.2 Å². The summed E-state index contributed by atoms with van der Waals surface area (Å²) >= 11 is 6.63. The lowest BCUT2D eigenvalue weighted by atomic mass is 10.3. The van der Waals surface area contributed by atoms with Gasteiger partial charge in [-0.2, -0.15) is 0 Å². The molecular formula is C11H7ClF2N2O2S. The van der Waals surface area contributed by atoms with Gasteiger partial charge in [0.05, 0.1) is 12.8 Å². The molecule has 0 amide bonds. The van der Waals surface area contributed by atoms with Gasteiger partial charge in [-0.15, -0.1) is 0 Å². The van der Waals surface area contributed by atoms with Gasteiger partial charge in [-0.3, -0.25) is 0 Å². The number of esters is 1. The fourth-order valence-electron chi connectivity index (χ4n) is 1.28. The van der Waals surface area contributed by atoms with Crippen LogP contribution in [0.15, 0.2) is 18.2 Å². The van der Waals surface area contributed by atoms with Crippen LogP contribution in [-0.4, -0.2) is 18.1 Å². The van der Waals surface area contributed by atoms with E-state index in [-0.39, 0.29) is 20.8 Å². The number of ether oxygens (including phenoxy) is 1. The summed E-state index contributed by atoms with van der Waals surface area (Å²) in [6.45, 7) is 0. The average Bonchev–Trinajstić information content (AvgIpc) is 2.74. The SMILES string of the molecule is COC(=O)c1sc(Nc2cc(F)ccc2F)nc1Cl. The zero-order chi connectivity index (χ0) is 14.0. The summed E-state index contributed by atoms with van der Waals surface area (Å²) in [6.07, 6.45) is 0. The molecule has 0 aliphatic heterocycles. The van der Waals surface area contributed by atoms with Crippen molar-refractivity contribution in [1.29, 1.82) is 0 Å². The number of hydrogen-bond acceptors (Lipinski definition) is 5. The van der Waals surface area contributed by atoms with Gasteiger partial charge < -0.3 is 10.1 Å². The Hall–Kier alpha value is -1.73. The first-order valence-electron chi connectivity index (χ1n) is 4.98. The monoisotopic (exact) mass is 304 g/mol. The van der Waals surface area contributed by atoms with Crippen molar-refractivity contribution in [3.8, 4) is 0 Å².